The molecule has 246 valence electrons. The molecule has 10 nitrogen and oxygen atoms in total. The van der Waals surface area contributed by atoms with E-state index in [2.05, 4.69) is 4.98 Å². The highest BCUT2D eigenvalue weighted by Crippen LogP contribution is 2.41. The first-order valence-corrected chi connectivity index (χ1v) is 15.5. The summed E-state index contributed by atoms with van der Waals surface area (Å²) in [5.74, 6) is -1.10. The average Bonchev–Trinajstić information content (AvgIpc) is 3.04. The summed E-state index contributed by atoms with van der Waals surface area (Å²) in [5, 5.41) is 10.6. The molecular formula is C31H38ClF3N4O6. The van der Waals surface area contributed by atoms with E-state index in [0.29, 0.717) is 52.0 Å². The van der Waals surface area contributed by atoms with Crippen LogP contribution in [-0.4, -0.2) is 101 Å². The Labute approximate surface area is 265 Å². The summed E-state index contributed by atoms with van der Waals surface area (Å²) < 4.78 is 52.4. The molecule has 1 aromatic carbocycles. The fourth-order valence-electron chi connectivity index (χ4n) is 5.59. The highest BCUT2D eigenvalue weighted by molar-refractivity contribution is 6.32. The number of rotatable bonds is 10. The van der Waals surface area contributed by atoms with E-state index in [1.165, 1.54) is 18.2 Å². The molecule has 1 aromatic heterocycles. The summed E-state index contributed by atoms with van der Waals surface area (Å²) in [4.78, 5) is 46.2. The van der Waals surface area contributed by atoms with Crippen LogP contribution in [0.15, 0.2) is 42.5 Å². The van der Waals surface area contributed by atoms with Gasteiger partial charge in [0, 0.05) is 50.9 Å². The first kappa shape index (κ1) is 34.3. The highest BCUT2D eigenvalue weighted by Gasteiger charge is 2.62. The van der Waals surface area contributed by atoms with Crippen molar-refractivity contribution in [2.75, 3.05) is 52.5 Å². The number of ether oxygens (including phenoxy) is 2. The summed E-state index contributed by atoms with van der Waals surface area (Å²) >= 11 is 6.30. The van der Waals surface area contributed by atoms with Gasteiger partial charge in [-0.1, -0.05) is 48.4 Å². The second-order valence-electron chi connectivity index (χ2n) is 11.1. The van der Waals surface area contributed by atoms with Gasteiger partial charge in [-0.2, -0.15) is 13.2 Å². The summed E-state index contributed by atoms with van der Waals surface area (Å²) in [6.45, 7) is 4.10. The zero-order valence-corrected chi connectivity index (χ0v) is 25.9. The zero-order valence-electron chi connectivity index (χ0n) is 25.1. The number of aromatic nitrogens is 1. The number of aliphatic hydroxyl groups is 1. The molecule has 0 spiro atoms. The van der Waals surface area contributed by atoms with E-state index in [9.17, 15) is 32.7 Å². The number of hydrogen-bond acceptors (Lipinski definition) is 7. The molecule has 1 N–H and O–H groups in total. The smallest absolute Gasteiger partial charge is 0.430 e. The first-order chi connectivity index (χ1) is 21.5. The van der Waals surface area contributed by atoms with Crippen LogP contribution in [0.5, 0.6) is 5.88 Å². The number of benzene rings is 1. The number of unbranched alkanes of at least 4 members (excludes halogenated alkanes) is 1. The third kappa shape index (κ3) is 8.18. The van der Waals surface area contributed by atoms with Crippen LogP contribution in [0.3, 0.4) is 0 Å². The minimum atomic E-state index is -5.15. The predicted molar refractivity (Wildman–Crippen MR) is 159 cm³/mol. The van der Waals surface area contributed by atoms with Crippen molar-refractivity contribution in [1.29, 1.82) is 0 Å². The molecule has 3 amide bonds. The fraction of sp³-hybridized carbons (Fsp3) is 0.548. The Morgan fingerprint density at radius 1 is 0.933 bits per heavy atom. The molecule has 2 aromatic rings. The van der Waals surface area contributed by atoms with Crippen LogP contribution in [0, 0.1) is 5.92 Å². The number of carbonyl (C=O) groups is 3. The average molecular weight is 655 g/mol. The van der Waals surface area contributed by atoms with Gasteiger partial charge in [0.25, 0.3) is 17.4 Å². The van der Waals surface area contributed by atoms with Crippen molar-refractivity contribution in [3.8, 4) is 5.88 Å². The van der Waals surface area contributed by atoms with Crippen LogP contribution in [0.1, 0.15) is 54.9 Å². The summed E-state index contributed by atoms with van der Waals surface area (Å²) in [7, 11) is 0. The maximum Gasteiger partial charge on any atom is 0.430 e. The van der Waals surface area contributed by atoms with Gasteiger partial charge < -0.3 is 29.3 Å². The Morgan fingerprint density at radius 3 is 2.18 bits per heavy atom. The lowest BCUT2D eigenvalue weighted by atomic mass is 9.88. The molecule has 1 unspecified atom stereocenters. The standard InChI is InChI=1S/C31H38ClF3N4O6/c1-2-44-29(42)39-19-17-37(18-20-39)27(40)24-11-12-25(36-26(24)32)45-21-7-6-8-22-13-15-38(16-14-22)28(41)30(43,31(33,34)35)23-9-4-3-5-10-23/h3-5,9-12,22,43H,2,6-8,13-21H2,1H3. The normalized spacial score (nSPS) is 17.5. The van der Waals surface area contributed by atoms with Crippen LogP contribution in [-0.2, 0) is 15.1 Å². The summed E-state index contributed by atoms with van der Waals surface area (Å²) in [5.41, 5.74) is -3.83. The summed E-state index contributed by atoms with van der Waals surface area (Å²) in [6, 6.07) is 9.60. The zero-order chi connectivity index (χ0) is 32.6. The van der Waals surface area contributed by atoms with E-state index < -0.39 is 29.3 Å². The second-order valence-corrected chi connectivity index (χ2v) is 11.5. The minimum Gasteiger partial charge on any atom is -0.478 e. The van der Waals surface area contributed by atoms with E-state index in [0.717, 1.165) is 29.9 Å². The Bertz CT molecular complexity index is 1320. The number of piperidine rings is 1. The van der Waals surface area contributed by atoms with Gasteiger partial charge in [0.1, 0.15) is 5.15 Å². The van der Waals surface area contributed by atoms with Crippen LogP contribution < -0.4 is 4.74 Å². The highest BCUT2D eigenvalue weighted by atomic mass is 35.5. The fourth-order valence-corrected chi connectivity index (χ4v) is 5.81. The van der Waals surface area contributed by atoms with Gasteiger partial charge in [-0.25, -0.2) is 9.78 Å². The lowest BCUT2D eigenvalue weighted by Crippen LogP contribution is -2.57. The van der Waals surface area contributed by atoms with Gasteiger partial charge in [-0.05, 0) is 44.6 Å². The number of amides is 3. The minimum absolute atomic E-state index is 0.0244. The van der Waals surface area contributed by atoms with Crippen molar-refractivity contribution in [1.82, 2.24) is 19.7 Å². The molecule has 45 heavy (non-hydrogen) atoms. The van der Waals surface area contributed by atoms with Gasteiger partial charge in [-0.15, -0.1) is 0 Å². The van der Waals surface area contributed by atoms with E-state index in [-0.39, 0.29) is 48.1 Å². The van der Waals surface area contributed by atoms with Gasteiger partial charge in [0.05, 0.1) is 18.8 Å². The maximum atomic E-state index is 13.9. The number of pyridine rings is 1. The van der Waals surface area contributed by atoms with Crippen molar-refractivity contribution in [2.24, 2.45) is 5.92 Å². The molecule has 0 radical (unpaired) electrons. The third-order valence-electron chi connectivity index (χ3n) is 8.22. The van der Waals surface area contributed by atoms with Gasteiger partial charge in [0.15, 0.2) is 0 Å². The molecule has 14 heteroatoms. The molecule has 2 saturated heterocycles. The van der Waals surface area contributed by atoms with Crippen molar-refractivity contribution < 1.29 is 42.1 Å². The van der Waals surface area contributed by atoms with Crippen LogP contribution in [0.4, 0.5) is 18.0 Å². The van der Waals surface area contributed by atoms with Crippen molar-refractivity contribution >= 4 is 29.5 Å². The first-order valence-electron chi connectivity index (χ1n) is 15.1. The number of alkyl halides is 3. The van der Waals surface area contributed by atoms with Crippen LogP contribution >= 0.6 is 11.6 Å². The number of likely N-dealkylation sites (tertiary alicyclic amines) is 1. The maximum absolute atomic E-state index is 13.9. The van der Waals surface area contributed by atoms with E-state index in [4.69, 9.17) is 21.1 Å². The molecule has 0 bridgehead atoms. The largest absolute Gasteiger partial charge is 0.478 e. The van der Waals surface area contributed by atoms with Crippen LogP contribution in [0.2, 0.25) is 5.15 Å². The number of carbonyl (C=O) groups excluding carboxylic acids is 3. The molecule has 2 fully saturated rings. The topological polar surface area (TPSA) is 113 Å². The van der Waals surface area contributed by atoms with E-state index in [1.807, 2.05) is 0 Å². The number of piperazine rings is 1. The van der Waals surface area contributed by atoms with Crippen molar-refractivity contribution in [3.05, 3.63) is 58.7 Å². The number of hydrogen-bond donors (Lipinski definition) is 1. The molecule has 3 heterocycles. The molecule has 0 saturated carbocycles. The molecule has 2 aliphatic rings. The van der Waals surface area contributed by atoms with E-state index in [1.54, 1.807) is 28.9 Å². The lowest BCUT2D eigenvalue weighted by Gasteiger charge is -2.38. The summed E-state index contributed by atoms with van der Waals surface area (Å²) in [6.07, 6.45) is -2.15. The Morgan fingerprint density at radius 2 is 1.58 bits per heavy atom. The van der Waals surface area contributed by atoms with Crippen molar-refractivity contribution in [2.45, 2.75) is 50.8 Å². The Kier molecular flexibility index (Phi) is 11.5. The monoisotopic (exact) mass is 654 g/mol. The molecular weight excluding hydrogens is 617 g/mol. The number of halogens is 4. The molecule has 2 aliphatic heterocycles. The lowest BCUT2D eigenvalue weighted by molar-refractivity contribution is -0.262. The Hall–Kier alpha value is -3.58. The van der Waals surface area contributed by atoms with Crippen molar-refractivity contribution in [3.63, 3.8) is 0 Å². The SMILES string of the molecule is CCOC(=O)N1CCN(C(=O)c2ccc(OCCCCC3CCN(C(=O)C(O)(c4ccccc4)C(F)(F)F)CC3)nc2Cl)CC1. The van der Waals surface area contributed by atoms with Gasteiger partial charge in [-0.3, -0.25) is 9.59 Å². The third-order valence-corrected chi connectivity index (χ3v) is 8.50. The quantitative estimate of drug-likeness (QED) is 0.287. The number of nitrogens with zero attached hydrogens (tertiary/aromatic N) is 4. The van der Waals surface area contributed by atoms with Crippen LogP contribution in [0.25, 0.3) is 0 Å². The molecule has 1 atom stereocenters. The Balaban J connectivity index is 1.17. The molecule has 4 rings (SSSR count). The second kappa shape index (κ2) is 15.1. The van der Waals surface area contributed by atoms with Gasteiger partial charge in [0.2, 0.25) is 5.88 Å². The van der Waals surface area contributed by atoms with E-state index >= 15 is 0 Å². The van der Waals surface area contributed by atoms with Gasteiger partial charge >= 0.3 is 12.3 Å². The molecule has 0 aliphatic carbocycles. The predicted octanol–water partition coefficient (Wildman–Crippen LogP) is 4.89.